The van der Waals surface area contributed by atoms with E-state index in [1.165, 1.54) is 169 Å². The smallest absolute Gasteiger partial charge is 0.143 e. The summed E-state index contributed by atoms with van der Waals surface area (Å²) in [5, 5.41) is 31.6. The molecule has 0 atom stereocenters. The van der Waals surface area contributed by atoms with Crippen LogP contribution in [0.2, 0.25) is 0 Å². The topological polar surface area (TPSA) is 39.4 Å². The first-order chi connectivity index (χ1) is 60.0. The maximum absolute atomic E-state index is 6.59. The van der Waals surface area contributed by atoms with Crippen LogP contribution in [0.25, 0.3) is 251 Å². The highest BCUT2D eigenvalue weighted by atomic mass is 16.3. The number of fused-ring (bicyclic) bond motifs is 21. The van der Waals surface area contributed by atoms with Crippen molar-refractivity contribution >= 4 is 174 Å². The Bertz CT molecular complexity index is 8550. The Labute approximate surface area is 696 Å². The van der Waals surface area contributed by atoms with Gasteiger partial charge < -0.3 is 13.3 Å². The third kappa shape index (κ3) is 11.6. The molecule has 0 spiro atoms. The molecule has 0 aliphatic carbocycles. The van der Waals surface area contributed by atoms with Gasteiger partial charge in [-0.25, -0.2) is 0 Å². The van der Waals surface area contributed by atoms with Crippen LogP contribution in [0.4, 0.5) is 0 Å². The quantitative estimate of drug-likeness (QED) is 0.149. The van der Waals surface area contributed by atoms with Crippen molar-refractivity contribution < 1.29 is 13.3 Å². The first-order valence-corrected chi connectivity index (χ1v) is 41.6. The molecule has 0 amide bonds. The average molecular weight is 1540 g/mol. The second-order valence-electron chi connectivity index (χ2n) is 31.9. The van der Waals surface area contributed by atoms with Crippen molar-refractivity contribution in [2.45, 2.75) is 0 Å². The fraction of sp³-hybridized carbons (Fsp3) is 0. The van der Waals surface area contributed by atoms with Crippen molar-refractivity contribution in [2.75, 3.05) is 0 Å². The molecule has 0 saturated carbocycles. The first-order valence-electron chi connectivity index (χ1n) is 41.6. The molecule has 23 aromatic carbocycles. The number of benzene rings is 23. The van der Waals surface area contributed by atoms with Crippen molar-refractivity contribution in [1.29, 1.82) is 0 Å². The Morgan fingerprint density at radius 2 is 0.364 bits per heavy atom. The minimum Gasteiger partial charge on any atom is -0.456 e. The standard InChI is InChI=1S/C42H26O.C40H24O.C36H22O/c1-2-11-27(12-3-1)28-15-10-16-31(23-28)41-34-17-6-8-19-36(34)42(37-20-9-7-18-35(37)41)32-21-22-33-38-24-29-13-4-5-14-30(29)25-40(38)43-39(33)26-32;1-2-11-27-23-28(18-17-25(27)9-1)38-32-13-5-7-15-34(32)39(35-16-8-6-14-33(35)38)29-20-21-31-36-22-19-26-10-3-4-12-30(26)40(36)41-37(31)24-29;1-2-11-24(12-3-1)34-28-14-6-8-16-30(28)35(31-17-9-7-15-29(31)34)25-19-20-27-32-21-18-23-10-4-5-13-26(23)36(32)37-33(27)22-25/h1-26H;1-24H;1-22H. The zero-order valence-electron chi connectivity index (χ0n) is 65.8. The molecule has 0 radical (unpaired) electrons. The monoisotopic (exact) mass is 1540 g/mol. The lowest BCUT2D eigenvalue weighted by atomic mass is 9.85. The summed E-state index contributed by atoms with van der Waals surface area (Å²) >= 11 is 0. The van der Waals surface area contributed by atoms with Crippen LogP contribution in [0.15, 0.2) is 450 Å². The molecule has 3 heteroatoms. The predicted octanol–water partition coefficient (Wildman–Crippen LogP) is 34.0. The fourth-order valence-corrected chi connectivity index (χ4v) is 19.6. The normalized spacial score (nSPS) is 11.8. The maximum Gasteiger partial charge on any atom is 0.143 e. The van der Waals surface area contributed by atoms with Gasteiger partial charge in [-0.05, 0) is 248 Å². The summed E-state index contributed by atoms with van der Waals surface area (Å²) in [6.07, 6.45) is 0. The molecule has 0 saturated heterocycles. The van der Waals surface area contributed by atoms with Crippen LogP contribution >= 0.6 is 0 Å². The highest BCUT2D eigenvalue weighted by molar-refractivity contribution is 6.27. The summed E-state index contributed by atoms with van der Waals surface area (Å²) in [5.41, 5.74) is 22.8. The fourth-order valence-electron chi connectivity index (χ4n) is 19.6. The first kappa shape index (κ1) is 69.4. The van der Waals surface area contributed by atoms with Crippen LogP contribution in [0.1, 0.15) is 0 Å². The molecule has 26 rings (SSSR count). The molecule has 3 aromatic heterocycles. The lowest BCUT2D eigenvalue weighted by molar-refractivity contribution is 0.669. The Morgan fingerprint density at radius 3 is 0.777 bits per heavy atom. The number of hydrogen-bond donors (Lipinski definition) is 0. The lowest BCUT2D eigenvalue weighted by Crippen LogP contribution is -1.91. The molecule has 0 N–H and O–H groups in total. The number of hydrogen-bond acceptors (Lipinski definition) is 3. The second kappa shape index (κ2) is 28.5. The summed E-state index contributed by atoms with van der Waals surface area (Å²) in [5.74, 6) is 0. The Hall–Kier alpha value is -15.9. The van der Waals surface area contributed by atoms with E-state index in [4.69, 9.17) is 13.3 Å². The van der Waals surface area contributed by atoms with Crippen LogP contribution in [0, 0.1) is 0 Å². The molecule has 562 valence electrons. The molecule has 121 heavy (non-hydrogen) atoms. The molecule has 0 aliphatic heterocycles. The number of furan rings is 3. The van der Waals surface area contributed by atoms with Gasteiger partial charge in [-0.2, -0.15) is 0 Å². The number of rotatable bonds is 7. The summed E-state index contributed by atoms with van der Waals surface area (Å²) < 4.78 is 19.6. The van der Waals surface area contributed by atoms with Gasteiger partial charge >= 0.3 is 0 Å². The van der Waals surface area contributed by atoms with E-state index in [0.29, 0.717) is 0 Å². The zero-order valence-corrected chi connectivity index (χ0v) is 65.8. The summed E-state index contributed by atoms with van der Waals surface area (Å²) in [7, 11) is 0. The van der Waals surface area contributed by atoms with E-state index in [-0.39, 0.29) is 0 Å². The molecule has 0 aliphatic rings. The summed E-state index contributed by atoms with van der Waals surface area (Å²) in [6.45, 7) is 0. The second-order valence-corrected chi connectivity index (χ2v) is 31.9. The molecule has 3 nitrogen and oxygen atoms in total. The van der Waals surface area contributed by atoms with E-state index >= 15 is 0 Å². The molecular formula is C118H72O3. The van der Waals surface area contributed by atoms with Gasteiger partial charge in [0.05, 0.1) is 0 Å². The van der Waals surface area contributed by atoms with E-state index in [2.05, 4.69) is 437 Å². The summed E-state index contributed by atoms with van der Waals surface area (Å²) in [4.78, 5) is 0. The van der Waals surface area contributed by atoms with Gasteiger partial charge in [0.1, 0.15) is 33.5 Å². The predicted molar refractivity (Wildman–Crippen MR) is 514 cm³/mol. The van der Waals surface area contributed by atoms with Gasteiger partial charge in [0.15, 0.2) is 0 Å². The van der Waals surface area contributed by atoms with Gasteiger partial charge in [-0.3, -0.25) is 0 Å². The van der Waals surface area contributed by atoms with Crippen LogP contribution in [-0.2, 0) is 0 Å². The minimum absolute atomic E-state index is 0.913. The third-order valence-corrected chi connectivity index (χ3v) is 25.1. The molecule has 0 bridgehead atoms. The van der Waals surface area contributed by atoms with Crippen molar-refractivity contribution in [2.24, 2.45) is 0 Å². The highest BCUT2D eigenvalue weighted by Crippen LogP contribution is 2.51. The molecule has 0 fully saturated rings. The van der Waals surface area contributed by atoms with E-state index < -0.39 is 0 Å². The van der Waals surface area contributed by atoms with E-state index in [1.807, 2.05) is 0 Å². The molecule has 26 aromatic rings. The van der Waals surface area contributed by atoms with Crippen molar-refractivity contribution in [3.63, 3.8) is 0 Å². The van der Waals surface area contributed by atoms with Crippen LogP contribution in [0.3, 0.4) is 0 Å². The van der Waals surface area contributed by atoms with E-state index in [9.17, 15) is 0 Å². The van der Waals surface area contributed by atoms with E-state index in [0.717, 1.165) is 82.2 Å². The van der Waals surface area contributed by atoms with Gasteiger partial charge in [0, 0.05) is 43.1 Å². The van der Waals surface area contributed by atoms with Gasteiger partial charge in [-0.1, -0.05) is 364 Å². The Balaban J connectivity index is 0.000000103. The van der Waals surface area contributed by atoms with Gasteiger partial charge in [0.2, 0.25) is 0 Å². The van der Waals surface area contributed by atoms with Crippen molar-refractivity contribution in [3.05, 3.63) is 437 Å². The van der Waals surface area contributed by atoms with Gasteiger partial charge in [0.25, 0.3) is 0 Å². The highest BCUT2D eigenvalue weighted by Gasteiger charge is 2.24. The minimum atomic E-state index is 0.913. The SMILES string of the molecule is c1ccc(-c2c3ccccc3c(-c3ccc4c(c3)oc3c5ccccc5ccc43)c3ccccc23)cc1.c1ccc(-c2cccc(-c3c4ccccc4c(-c4ccc5c(c4)oc4cc6ccccc6cc45)c4ccccc34)c2)cc1.c1ccc2cc(-c3c4ccccc4c(-c4ccc5c(c4)oc4c6ccccc6ccc54)c4ccccc34)ccc2c1. The zero-order chi connectivity index (χ0) is 79.6. The Kier molecular flexibility index (Phi) is 16.3. The molecule has 0 unspecified atom stereocenters. The van der Waals surface area contributed by atoms with Crippen molar-refractivity contribution in [1.82, 2.24) is 0 Å². The van der Waals surface area contributed by atoms with Crippen LogP contribution < -0.4 is 0 Å². The molecule has 3 heterocycles. The Morgan fingerprint density at radius 1 is 0.107 bits per heavy atom. The molecular weight excluding hydrogens is 1470 g/mol. The summed E-state index contributed by atoms with van der Waals surface area (Å²) in [6, 6.07) is 157. The lowest BCUT2D eigenvalue weighted by Gasteiger charge is -2.18. The average Bonchev–Trinajstić information content (AvgIpc) is 1.66. The maximum atomic E-state index is 6.59. The largest absolute Gasteiger partial charge is 0.456 e. The van der Waals surface area contributed by atoms with Gasteiger partial charge in [-0.15, -0.1) is 0 Å². The third-order valence-electron chi connectivity index (χ3n) is 25.1. The van der Waals surface area contributed by atoms with E-state index in [1.54, 1.807) is 0 Å². The van der Waals surface area contributed by atoms with Crippen molar-refractivity contribution in [3.8, 4) is 77.9 Å². The van der Waals surface area contributed by atoms with Crippen LogP contribution in [0.5, 0.6) is 0 Å². The van der Waals surface area contributed by atoms with Crippen LogP contribution in [-0.4, -0.2) is 0 Å².